The van der Waals surface area contributed by atoms with Gasteiger partial charge in [-0.05, 0) is 32.3 Å². The van der Waals surface area contributed by atoms with E-state index in [1.54, 1.807) is 0 Å². The summed E-state index contributed by atoms with van der Waals surface area (Å²) in [5.41, 5.74) is 3.15. The van der Waals surface area contributed by atoms with E-state index in [0.717, 1.165) is 23.4 Å². The Bertz CT molecular complexity index is 480. The predicted molar refractivity (Wildman–Crippen MR) is 77.3 cm³/mol. The second kappa shape index (κ2) is 7.67. The molecule has 6 nitrogen and oxygen atoms in total. The van der Waals surface area contributed by atoms with Crippen LogP contribution in [0.4, 0.5) is 0 Å². The maximum atomic E-state index is 11.7. The van der Waals surface area contributed by atoms with Crippen molar-refractivity contribution in [2.75, 3.05) is 13.1 Å². The molecule has 0 atom stereocenters. The van der Waals surface area contributed by atoms with E-state index in [-0.39, 0.29) is 18.4 Å². The predicted octanol–water partition coefficient (Wildman–Crippen LogP) is 0.612. The van der Waals surface area contributed by atoms with E-state index in [0.29, 0.717) is 19.4 Å². The Morgan fingerprint density at radius 2 is 1.90 bits per heavy atom. The number of amides is 2. The van der Waals surface area contributed by atoms with Crippen LogP contribution >= 0.6 is 0 Å². The second-order valence-electron chi connectivity index (χ2n) is 4.90. The van der Waals surface area contributed by atoms with Gasteiger partial charge in [0.15, 0.2) is 0 Å². The molecule has 0 aliphatic heterocycles. The van der Waals surface area contributed by atoms with Crippen LogP contribution in [0.5, 0.6) is 0 Å². The average molecular weight is 280 g/mol. The lowest BCUT2D eigenvalue weighted by molar-refractivity contribution is -0.126. The first-order valence-corrected chi connectivity index (χ1v) is 6.98. The van der Waals surface area contributed by atoms with Crippen LogP contribution in [0, 0.1) is 13.8 Å². The van der Waals surface area contributed by atoms with Gasteiger partial charge in [-0.15, -0.1) is 0 Å². The van der Waals surface area contributed by atoms with Crippen molar-refractivity contribution in [3.8, 4) is 0 Å². The molecule has 0 bridgehead atoms. The number of hydrogen-bond acceptors (Lipinski definition) is 3. The summed E-state index contributed by atoms with van der Waals surface area (Å²) in [5.74, 6) is -0.256. The molecule has 1 heterocycles. The van der Waals surface area contributed by atoms with Crippen LogP contribution < -0.4 is 10.6 Å². The molecule has 6 heteroatoms. The van der Waals surface area contributed by atoms with Crippen LogP contribution in [0.3, 0.4) is 0 Å². The van der Waals surface area contributed by atoms with Gasteiger partial charge in [0.2, 0.25) is 11.8 Å². The van der Waals surface area contributed by atoms with Crippen LogP contribution in [-0.4, -0.2) is 34.7 Å². The van der Waals surface area contributed by atoms with Crippen molar-refractivity contribution in [2.45, 2.75) is 40.0 Å². The van der Waals surface area contributed by atoms with Gasteiger partial charge in [-0.3, -0.25) is 14.3 Å². The zero-order valence-electron chi connectivity index (χ0n) is 12.7. The second-order valence-corrected chi connectivity index (χ2v) is 4.90. The fourth-order valence-corrected chi connectivity index (χ4v) is 2.01. The van der Waals surface area contributed by atoms with Gasteiger partial charge in [0.25, 0.3) is 0 Å². The molecule has 0 saturated carbocycles. The van der Waals surface area contributed by atoms with Crippen molar-refractivity contribution in [3.05, 3.63) is 17.0 Å². The molecule has 0 saturated heterocycles. The van der Waals surface area contributed by atoms with Crippen molar-refractivity contribution in [1.82, 2.24) is 20.4 Å². The Hall–Kier alpha value is -1.85. The lowest BCUT2D eigenvalue weighted by Crippen LogP contribution is -2.37. The summed E-state index contributed by atoms with van der Waals surface area (Å²) in [6.45, 7) is 6.61. The van der Waals surface area contributed by atoms with Gasteiger partial charge in [0.05, 0.1) is 12.2 Å². The smallest absolute Gasteiger partial charge is 0.239 e. The lowest BCUT2D eigenvalue weighted by Gasteiger charge is -2.06. The molecule has 20 heavy (non-hydrogen) atoms. The zero-order chi connectivity index (χ0) is 15.1. The van der Waals surface area contributed by atoms with Gasteiger partial charge in [-0.25, -0.2) is 0 Å². The highest BCUT2D eigenvalue weighted by atomic mass is 16.2. The van der Waals surface area contributed by atoms with Crippen LogP contribution in [0.2, 0.25) is 0 Å². The third-order valence-corrected chi connectivity index (χ3v) is 3.28. The highest BCUT2D eigenvalue weighted by Gasteiger charge is 2.11. The number of nitrogens with one attached hydrogen (secondary N) is 2. The molecule has 0 aromatic carbocycles. The lowest BCUT2D eigenvalue weighted by atomic mass is 10.1. The van der Waals surface area contributed by atoms with E-state index in [1.807, 2.05) is 32.5 Å². The molecule has 2 N–H and O–H groups in total. The van der Waals surface area contributed by atoms with Crippen LogP contribution in [0.15, 0.2) is 0 Å². The molecule has 0 fully saturated rings. The standard InChI is InChI=1S/C14H24N4O2/c1-5-8-15-14(20)9-16-13(19)7-6-12-10(2)17-18(4)11(12)3/h5-9H2,1-4H3,(H,15,20)(H,16,19). The van der Waals surface area contributed by atoms with E-state index in [1.165, 1.54) is 0 Å². The number of aromatic nitrogens is 2. The normalized spacial score (nSPS) is 10.4. The Labute approximate surface area is 119 Å². The Kier molecular flexibility index (Phi) is 6.21. The van der Waals surface area contributed by atoms with Gasteiger partial charge in [-0.2, -0.15) is 5.10 Å². The zero-order valence-corrected chi connectivity index (χ0v) is 12.7. The summed E-state index contributed by atoms with van der Waals surface area (Å²) >= 11 is 0. The molecule has 0 spiro atoms. The SMILES string of the molecule is CCCNC(=O)CNC(=O)CCc1c(C)nn(C)c1C. The Balaban J connectivity index is 2.35. The summed E-state index contributed by atoms with van der Waals surface area (Å²) in [4.78, 5) is 23.1. The van der Waals surface area contributed by atoms with Gasteiger partial charge in [0, 0.05) is 25.7 Å². The first-order valence-electron chi connectivity index (χ1n) is 6.98. The molecule has 1 rings (SSSR count). The third kappa shape index (κ3) is 4.68. The third-order valence-electron chi connectivity index (χ3n) is 3.28. The number of hydrogen-bond donors (Lipinski definition) is 2. The minimum atomic E-state index is -0.145. The minimum Gasteiger partial charge on any atom is -0.355 e. The Morgan fingerprint density at radius 3 is 2.45 bits per heavy atom. The number of carbonyl (C=O) groups is 2. The quantitative estimate of drug-likeness (QED) is 0.768. The van der Waals surface area contributed by atoms with Crippen molar-refractivity contribution in [3.63, 3.8) is 0 Å². The summed E-state index contributed by atoms with van der Waals surface area (Å²) in [6.07, 6.45) is 1.90. The summed E-state index contributed by atoms with van der Waals surface area (Å²) in [6, 6.07) is 0. The molecule has 0 radical (unpaired) electrons. The first-order chi connectivity index (χ1) is 9.45. The van der Waals surface area contributed by atoms with E-state index in [2.05, 4.69) is 15.7 Å². The van der Waals surface area contributed by atoms with E-state index in [9.17, 15) is 9.59 Å². The molecule has 112 valence electrons. The van der Waals surface area contributed by atoms with Crippen LogP contribution in [0.25, 0.3) is 0 Å². The molecule has 2 amide bonds. The minimum absolute atomic E-state index is 0.0455. The molecule has 1 aromatic heterocycles. The fourth-order valence-electron chi connectivity index (χ4n) is 2.01. The molecule has 1 aromatic rings. The number of rotatable bonds is 7. The topological polar surface area (TPSA) is 76.0 Å². The molecule has 0 aliphatic rings. The summed E-state index contributed by atoms with van der Waals surface area (Å²) in [5, 5.41) is 9.66. The van der Waals surface area contributed by atoms with E-state index in [4.69, 9.17) is 0 Å². The maximum absolute atomic E-state index is 11.7. The number of aryl methyl sites for hydroxylation is 2. The van der Waals surface area contributed by atoms with Crippen molar-refractivity contribution < 1.29 is 9.59 Å². The number of carbonyl (C=O) groups excluding carboxylic acids is 2. The first kappa shape index (κ1) is 16.2. The highest BCUT2D eigenvalue weighted by Crippen LogP contribution is 2.13. The highest BCUT2D eigenvalue weighted by molar-refractivity contribution is 5.84. The van der Waals surface area contributed by atoms with E-state index >= 15 is 0 Å². The van der Waals surface area contributed by atoms with Crippen LogP contribution in [-0.2, 0) is 23.1 Å². The summed E-state index contributed by atoms with van der Waals surface area (Å²) < 4.78 is 1.82. The van der Waals surface area contributed by atoms with Crippen molar-refractivity contribution in [2.24, 2.45) is 7.05 Å². The average Bonchev–Trinajstić information content (AvgIpc) is 2.65. The largest absolute Gasteiger partial charge is 0.355 e. The Morgan fingerprint density at radius 1 is 1.20 bits per heavy atom. The monoisotopic (exact) mass is 280 g/mol. The summed E-state index contributed by atoms with van der Waals surface area (Å²) in [7, 11) is 1.89. The van der Waals surface area contributed by atoms with Gasteiger partial charge < -0.3 is 10.6 Å². The van der Waals surface area contributed by atoms with Gasteiger partial charge in [0.1, 0.15) is 0 Å². The van der Waals surface area contributed by atoms with Gasteiger partial charge in [-0.1, -0.05) is 6.92 Å². The molecular weight excluding hydrogens is 256 g/mol. The van der Waals surface area contributed by atoms with Crippen LogP contribution in [0.1, 0.15) is 36.7 Å². The van der Waals surface area contributed by atoms with E-state index < -0.39 is 0 Å². The maximum Gasteiger partial charge on any atom is 0.239 e. The van der Waals surface area contributed by atoms with Crippen molar-refractivity contribution in [1.29, 1.82) is 0 Å². The molecular formula is C14H24N4O2. The molecule has 0 aliphatic carbocycles. The van der Waals surface area contributed by atoms with Crippen molar-refractivity contribution >= 4 is 11.8 Å². The molecule has 0 unspecified atom stereocenters. The van der Waals surface area contributed by atoms with Gasteiger partial charge >= 0.3 is 0 Å². The fraction of sp³-hybridized carbons (Fsp3) is 0.643. The number of nitrogens with zero attached hydrogens (tertiary/aromatic N) is 2.